The van der Waals surface area contributed by atoms with E-state index >= 15 is 0 Å². The third-order valence-electron chi connectivity index (χ3n) is 4.55. The van der Waals surface area contributed by atoms with E-state index in [1.807, 2.05) is 6.07 Å². The molecule has 0 bridgehead atoms. The van der Waals surface area contributed by atoms with E-state index in [9.17, 15) is 9.59 Å². The molecule has 0 spiro atoms. The SMILES string of the molecule is Cc1nc(C(=O)NCC2CCCc3ccccc32)ccc1C(=O)O. The highest BCUT2D eigenvalue weighted by atomic mass is 16.4. The van der Waals surface area contributed by atoms with Crippen molar-refractivity contribution >= 4 is 11.9 Å². The number of aryl methyl sites for hydroxylation is 2. The monoisotopic (exact) mass is 324 g/mol. The van der Waals surface area contributed by atoms with Crippen LogP contribution in [0.1, 0.15) is 56.4 Å². The molecule has 1 unspecified atom stereocenters. The fourth-order valence-electron chi connectivity index (χ4n) is 3.29. The molecule has 1 aromatic carbocycles. The molecule has 2 N–H and O–H groups in total. The number of fused-ring (bicyclic) bond motifs is 1. The summed E-state index contributed by atoms with van der Waals surface area (Å²) in [6, 6.07) is 11.3. The molecule has 124 valence electrons. The maximum Gasteiger partial charge on any atom is 0.337 e. The van der Waals surface area contributed by atoms with Gasteiger partial charge >= 0.3 is 5.97 Å². The fourth-order valence-corrected chi connectivity index (χ4v) is 3.29. The summed E-state index contributed by atoms with van der Waals surface area (Å²) in [6.07, 6.45) is 3.28. The van der Waals surface area contributed by atoms with Crippen LogP contribution in [0.25, 0.3) is 0 Å². The minimum absolute atomic E-state index is 0.118. The molecule has 0 radical (unpaired) electrons. The van der Waals surface area contributed by atoms with Gasteiger partial charge in [-0.05, 0) is 49.4 Å². The Balaban J connectivity index is 1.68. The highest BCUT2D eigenvalue weighted by Crippen LogP contribution is 2.30. The van der Waals surface area contributed by atoms with Crippen LogP contribution < -0.4 is 5.32 Å². The highest BCUT2D eigenvalue weighted by molar-refractivity contribution is 5.94. The maximum absolute atomic E-state index is 12.3. The lowest BCUT2D eigenvalue weighted by Crippen LogP contribution is -2.30. The van der Waals surface area contributed by atoms with Gasteiger partial charge in [0.2, 0.25) is 0 Å². The molecule has 5 nitrogen and oxygen atoms in total. The Morgan fingerprint density at radius 1 is 1.25 bits per heavy atom. The smallest absolute Gasteiger partial charge is 0.337 e. The zero-order valence-electron chi connectivity index (χ0n) is 13.6. The van der Waals surface area contributed by atoms with E-state index < -0.39 is 5.97 Å². The number of hydrogen-bond acceptors (Lipinski definition) is 3. The summed E-state index contributed by atoms with van der Waals surface area (Å²) in [6.45, 7) is 2.16. The minimum Gasteiger partial charge on any atom is -0.478 e. The number of aromatic carboxylic acids is 1. The van der Waals surface area contributed by atoms with Gasteiger partial charge in [-0.25, -0.2) is 9.78 Å². The number of carboxylic acids is 1. The van der Waals surface area contributed by atoms with Gasteiger partial charge in [-0.1, -0.05) is 24.3 Å². The van der Waals surface area contributed by atoms with E-state index in [0.29, 0.717) is 18.2 Å². The number of carbonyl (C=O) groups excluding carboxylic acids is 1. The number of aromatic nitrogens is 1. The largest absolute Gasteiger partial charge is 0.478 e. The van der Waals surface area contributed by atoms with Gasteiger partial charge in [-0.3, -0.25) is 4.79 Å². The predicted octanol–water partition coefficient (Wildman–Crippen LogP) is 2.94. The zero-order valence-corrected chi connectivity index (χ0v) is 13.6. The molecule has 3 rings (SSSR count). The first kappa shape index (κ1) is 16.2. The lowest BCUT2D eigenvalue weighted by Gasteiger charge is -2.25. The molecular weight excluding hydrogens is 304 g/mol. The summed E-state index contributed by atoms with van der Waals surface area (Å²) in [5.74, 6) is -0.984. The number of nitrogens with one attached hydrogen (secondary N) is 1. The lowest BCUT2D eigenvalue weighted by atomic mass is 9.83. The molecule has 1 aliphatic rings. The van der Waals surface area contributed by atoms with E-state index in [0.717, 1.165) is 19.3 Å². The first-order chi connectivity index (χ1) is 11.6. The molecule has 0 saturated heterocycles. The lowest BCUT2D eigenvalue weighted by molar-refractivity contribution is 0.0694. The van der Waals surface area contributed by atoms with Crippen molar-refractivity contribution in [3.8, 4) is 0 Å². The first-order valence-corrected chi connectivity index (χ1v) is 8.13. The molecule has 24 heavy (non-hydrogen) atoms. The molecular formula is C19H20N2O3. The molecule has 1 amide bonds. The molecule has 5 heteroatoms. The number of benzene rings is 1. The van der Waals surface area contributed by atoms with Crippen molar-refractivity contribution in [1.29, 1.82) is 0 Å². The van der Waals surface area contributed by atoms with E-state index in [1.54, 1.807) is 6.92 Å². The van der Waals surface area contributed by atoms with Crippen LogP contribution >= 0.6 is 0 Å². The number of carboxylic acid groups (broad SMARTS) is 1. The van der Waals surface area contributed by atoms with Gasteiger partial charge in [0.25, 0.3) is 5.91 Å². The van der Waals surface area contributed by atoms with E-state index in [1.165, 1.54) is 23.3 Å². The topological polar surface area (TPSA) is 79.3 Å². The van der Waals surface area contributed by atoms with Gasteiger partial charge in [0.1, 0.15) is 5.69 Å². The maximum atomic E-state index is 12.3. The van der Waals surface area contributed by atoms with Gasteiger partial charge in [0.05, 0.1) is 11.3 Å². The summed E-state index contributed by atoms with van der Waals surface area (Å²) in [4.78, 5) is 27.4. The Bertz CT molecular complexity index is 786. The number of pyridine rings is 1. The van der Waals surface area contributed by atoms with E-state index in [-0.39, 0.29) is 17.2 Å². The molecule has 1 aromatic heterocycles. The highest BCUT2D eigenvalue weighted by Gasteiger charge is 2.21. The Kier molecular flexibility index (Phi) is 4.60. The number of rotatable bonds is 4. The molecule has 1 heterocycles. The molecule has 0 fully saturated rings. The van der Waals surface area contributed by atoms with Gasteiger partial charge in [0.15, 0.2) is 0 Å². The summed E-state index contributed by atoms with van der Waals surface area (Å²) in [5, 5.41) is 12.0. The van der Waals surface area contributed by atoms with Crippen molar-refractivity contribution in [2.75, 3.05) is 6.54 Å². The second-order valence-corrected chi connectivity index (χ2v) is 6.13. The number of hydrogen-bond donors (Lipinski definition) is 2. The second kappa shape index (κ2) is 6.83. The normalized spacial score (nSPS) is 16.3. The summed E-state index contributed by atoms with van der Waals surface area (Å²) >= 11 is 0. The van der Waals surface area contributed by atoms with E-state index in [2.05, 4.69) is 28.5 Å². The van der Waals surface area contributed by atoms with Crippen molar-refractivity contribution in [1.82, 2.24) is 10.3 Å². The van der Waals surface area contributed by atoms with Crippen LogP contribution in [0.3, 0.4) is 0 Å². The Hall–Kier alpha value is -2.69. The summed E-state index contributed by atoms with van der Waals surface area (Å²) in [7, 11) is 0. The third kappa shape index (κ3) is 3.30. The number of amides is 1. The van der Waals surface area contributed by atoms with Crippen molar-refractivity contribution in [3.63, 3.8) is 0 Å². The Morgan fingerprint density at radius 2 is 2.04 bits per heavy atom. The second-order valence-electron chi connectivity index (χ2n) is 6.13. The van der Waals surface area contributed by atoms with Crippen LogP contribution in [0.2, 0.25) is 0 Å². The average Bonchev–Trinajstić information content (AvgIpc) is 2.59. The first-order valence-electron chi connectivity index (χ1n) is 8.13. The van der Waals surface area contributed by atoms with Gasteiger partial charge < -0.3 is 10.4 Å². The molecule has 2 aromatic rings. The average molecular weight is 324 g/mol. The Labute approximate surface area is 140 Å². The number of nitrogens with zero attached hydrogens (tertiary/aromatic N) is 1. The number of carbonyl (C=O) groups is 2. The van der Waals surface area contributed by atoms with Crippen LogP contribution in [-0.4, -0.2) is 28.5 Å². The summed E-state index contributed by atoms with van der Waals surface area (Å²) in [5.41, 5.74) is 3.39. The van der Waals surface area contributed by atoms with Crippen LogP contribution in [0, 0.1) is 6.92 Å². The van der Waals surface area contributed by atoms with Crippen molar-refractivity contribution in [2.24, 2.45) is 0 Å². The van der Waals surface area contributed by atoms with Crippen LogP contribution in [0.5, 0.6) is 0 Å². The van der Waals surface area contributed by atoms with Crippen LogP contribution in [0.15, 0.2) is 36.4 Å². The predicted molar refractivity (Wildman–Crippen MR) is 90.4 cm³/mol. The summed E-state index contributed by atoms with van der Waals surface area (Å²) < 4.78 is 0. The Morgan fingerprint density at radius 3 is 2.79 bits per heavy atom. The fraction of sp³-hybridized carbons (Fsp3) is 0.316. The zero-order chi connectivity index (χ0) is 17.1. The quantitative estimate of drug-likeness (QED) is 0.906. The van der Waals surface area contributed by atoms with Crippen molar-refractivity contribution in [3.05, 3.63) is 64.5 Å². The van der Waals surface area contributed by atoms with E-state index in [4.69, 9.17) is 5.11 Å². The van der Waals surface area contributed by atoms with Crippen molar-refractivity contribution in [2.45, 2.75) is 32.1 Å². The minimum atomic E-state index is -1.04. The molecule has 0 saturated carbocycles. The molecule has 1 atom stereocenters. The van der Waals surface area contributed by atoms with Gasteiger partial charge in [-0.15, -0.1) is 0 Å². The standard InChI is InChI=1S/C19H20N2O3/c1-12-15(19(23)24)9-10-17(21-12)18(22)20-11-14-7-4-6-13-5-2-3-8-16(13)14/h2-3,5,8-10,14H,4,6-7,11H2,1H3,(H,20,22)(H,23,24). The third-order valence-corrected chi connectivity index (χ3v) is 4.55. The van der Waals surface area contributed by atoms with Crippen LogP contribution in [0.4, 0.5) is 0 Å². The molecule has 0 aliphatic heterocycles. The van der Waals surface area contributed by atoms with Gasteiger partial charge in [-0.2, -0.15) is 0 Å². The molecule has 1 aliphatic carbocycles. The van der Waals surface area contributed by atoms with Crippen molar-refractivity contribution < 1.29 is 14.7 Å². The van der Waals surface area contributed by atoms with Gasteiger partial charge in [0, 0.05) is 12.5 Å². The van der Waals surface area contributed by atoms with Crippen LogP contribution in [-0.2, 0) is 6.42 Å².